The van der Waals surface area contributed by atoms with Crippen molar-refractivity contribution in [1.29, 1.82) is 0 Å². The van der Waals surface area contributed by atoms with Gasteiger partial charge in [0.05, 0.1) is 0 Å². The molecular weight excluding hydrogens is 318 g/mol. The van der Waals surface area contributed by atoms with Gasteiger partial charge in [0.25, 0.3) is 0 Å². The second-order valence-electron chi connectivity index (χ2n) is 5.13. The van der Waals surface area contributed by atoms with Crippen LogP contribution in [0.2, 0.25) is 0 Å². The highest BCUT2D eigenvalue weighted by Crippen LogP contribution is 2.40. The maximum atomic E-state index is 5.72. The number of rotatable bonds is 6. The molecule has 1 aliphatic rings. The first-order valence-corrected chi connectivity index (χ1v) is 8.32. The molecule has 1 aliphatic heterocycles. The number of halogens is 1. The minimum absolute atomic E-state index is 0.347. The Morgan fingerprint density at radius 1 is 1.10 bits per heavy atom. The Hall–Kier alpha value is -0.740. The molecule has 0 saturated carbocycles. The molecular formula is C16H24BrNO2. The third kappa shape index (κ3) is 3.29. The molecule has 112 valence electrons. The van der Waals surface area contributed by atoms with Gasteiger partial charge in [-0.3, -0.25) is 0 Å². The Kier molecular flexibility index (Phi) is 5.73. The van der Waals surface area contributed by atoms with Crippen LogP contribution in [0.1, 0.15) is 45.2 Å². The highest BCUT2D eigenvalue weighted by Gasteiger charge is 2.24. The molecule has 0 fully saturated rings. The summed E-state index contributed by atoms with van der Waals surface area (Å²) in [6.45, 7) is 8.88. The quantitative estimate of drug-likeness (QED) is 0.836. The molecule has 0 aliphatic carbocycles. The van der Waals surface area contributed by atoms with E-state index in [0.717, 1.165) is 35.4 Å². The van der Waals surface area contributed by atoms with Gasteiger partial charge >= 0.3 is 0 Å². The molecule has 20 heavy (non-hydrogen) atoms. The Morgan fingerprint density at radius 3 is 2.25 bits per heavy atom. The van der Waals surface area contributed by atoms with E-state index in [1.54, 1.807) is 0 Å². The molecule has 1 unspecified atom stereocenters. The van der Waals surface area contributed by atoms with Crippen molar-refractivity contribution >= 4 is 15.9 Å². The second-order valence-corrected chi connectivity index (χ2v) is 5.98. The minimum Gasteiger partial charge on any atom is -0.486 e. The molecule has 0 bridgehead atoms. The van der Waals surface area contributed by atoms with E-state index in [9.17, 15) is 0 Å². The molecule has 3 nitrogen and oxygen atoms in total. The fourth-order valence-corrected chi connectivity index (χ4v) is 3.40. The van der Waals surface area contributed by atoms with E-state index in [2.05, 4.69) is 48.1 Å². The number of ether oxygens (including phenoxy) is 2. The third-order valence-electron chi connectivity index (χ3n) is 3.94. The van der Waals surface area contributed by atoms with Crippen LogP contribution >= 0.6 is 15.9 Å². The summed E-state index contributed by atoms with van der Waals surface area (Å²) in [6, 6.07) is 4.51. The number of hydrogen-bond acceptors (Lipinski definition) is 3. The third-order valence-corrected chi connectivity index (χ3v) is 4.63. The molecule has 0 amide bonds. The van der Waals surface area contributed by atoms with Crippen LogP contribution in [0.3, 0.4) is 0 Å². The highest BCUT2D eigenvalue weighted by atomic mass is 79.9. The average molecular weight is 342 g/mol. The van der Waals surface area contributed by atoms with Crippen molar-refractivity contribution in [3.8, 4) is 11.5 Å². The SMILES string of the molecule is CCNC(c1cc2c(cc1Br)OCCO2)C(CC)CC. The van der Waals surface area contributed by atoms with Crippen molar-refractivity contribution in [1.82, 2.24) is 5.32 Å². The van der Waals surface area contributed by atoms with E-state index >= 15 is 0 Å². The smallest absolute Gasteiger partial charge is 0.162 e. The maximum absolute atomic E-state index is 5.72. The molecule has 0 radical (unpaired) electrons. The molecule has 1 aromatic carbocycles. The predicted molar refractivity (Wildman–Crippen MR) is 85.6 cm³/mol. The lowest BCUT2D eigenvalue weighted by molar-refractivity contribution is 0.171. The summed E-state index contributed by atoms with van der Waals surface area (Å²) in [5, 5.41) is 3.62. The monoisotopic (exact) mass is 341 g/mol. The summed E-state index contributed by atoms with van der Waals surface area (Å²) in [6.07, 6.45) is 2.32. The number of benzene rings is 1. The number of fused-ring (bicyclic) bond motifs is 1. The normalized spacial score (nSPS) is 15.4. The largest absolute Gasteiger partial charge is 0.486 e. The summed E-state index contributed by atoms with van der Waals surface area (Å²) >= 11 is 3.70. The first kappa shape index (κ1) is 15.6. The van der Waals surface area contributed by atoms with Gasteiger partial charge in [0, 0.05) is 10.5 Å². The van der Waals surface area contributed by atoms with Crippen LogP contribution in [0.25, 0.3) is 0 Å². The van der Waals surface area contributed by atoms with E-state index in [1.165, 1.54) is 5.56 Å². The fourth-order valence-electron chi connectivity index (χ4n) is 2.83. The molecule has 0 spiro atoms. The Bertz CT molecular complexity index is 446. The molecule has 1 aromatic rings. The van der Waals surface area contributed by atoms with E-state index in [0.29, 0.717) is 25.2 Å². The van der Waals surface area contributed by atoms with Crippen molar-refractivity contribution in [2.45, 2.75) is 39.7 Å². The summed E-state index contributed by atoms with van der Waals surface area (Å²) in [7, 11) is 0. The van der Waals surface area contributed by atoms with Crippen LogP contribution in [0.5, 0.6) is 11.5 Å². The lowest BCUT2D eigenvalue weighted by atomic mass is 9.88. The maximum Gasteiger partial charge on any atom is 0.162 e. The summed E-state index contributed by atoms with van der Waals surface area (Å²) in [5.74, 6) is 2.32. The van der Waals surface area contributed by atoms with Gasteiger partial charge in [0.15, 0.2) is 11.5 Å². The number of hydrogen-bond donors (Lipinski definition) is 1. The van der Waals surface area contributed by atoms with Gasteiger partial charge in [-0.2, -0.15) is 0 Å². The Labute approximate surface area is 130 Å². The van der Waals surface area contributed by atoms with Crippen LogP contribution in [-0.2, 0) is 0 Å². The lowest BCUT2D eigenvalue weighted by Crippen LogP contribution is -2.28. The summed E-state index contributed by atoms with van der Waals surface area (Å²) < 4.78 is 12.5. The van der Waals surface area contributed by atoms with Crippen molar-refractivity contribution < 1.29 is 9.47 Å². The predicted octanol–water partition coefficient (Wildman–Crippen LogP) is 4.31. The molecule has 2 rings (SSSR count). The average Bonchev–Trinajstić information content (AvgIpc) is 2.47. The van der Waals surface area contributed by atoms with Crippen molar-refractivity contribution in [2.75, 3.05) is 19.8 Å². The van der Waals surface area contributed by atoms with E-state index < -0.39 is 0 Å². The molecule has 0 saturated heterocycles. The van der Waals surface area contributed by atoms with Gasteiger partial charge in [0.1, 0.15) is 13.2 Å². The van der Waals surface area contributed by atoms with Gasteiger partial charge in [-0.05, 0) is 30.2 Å². The molecule has 0 aromatic heterocycles. The first-order chi connectivity index (χ1) is 9.71. The summed E-state index contributed by atoms with van der Waals surface area (Å²) in [5.41, 5.74) is 1.27. The zero-order valence-corrected chi connectivity index (χ0v) is 14.1. The van der Waals surface area contributed by atoms with Crippen LogP contribution in [0.15, 0.2) is 16.6 Å². The Morgan fingerprint density at radius 2 is 1.70 bits per heavy atom. The number of nitrogens with one attached hydrogen (secondary N) is 1. The fraction of sp³-hybridized carbons (Fsp3) is 0.625. The van der Waals surface area contributed by atoms with E-state index in [-0.39, 0.29) is 0 Å². The van der Waals surface area contributed by atoms with Crippen molar-refractivity contribution in [2.24, 2.45) is 5.92 Å². The minimum atomic E-state index is 0.347. The van der Waals surface area contributed by atoms with Gasteiger partial charge < -0.3 is 14.8 Å². The van der Waals surface area contributed by atoms with Crippen molar-refractivity contribution in [3.05, 3.63) is 22.2 Å². The standard InChI is InChI=1S/C16H24BrNO2/c1-4-11(5-2)16(18-6-3)12-9-14-15(10-13(12)17)20-8-7-19-14/h9-11,16,18H,4-8H2,1-3H3. The molecule has 4 heteroatoms. The van der Waals surface area contributed by atoms with Crippen LogP contribution in [0.4, 0.5) is 0 Å². The Balaban J connectivity index is 2.36. The first-order valence-electron chi connectivity index (χ1n) is 7.53. The van der Waals surface area contributed by atoms with Gasteiger partial charge in [0.2, 0.25) is 0 Å². The van der Waals surface area contributed by atoms with Crippen LogP contribution < -0.4 is 14.8 Å². The van der Waals surface area contributed by atoms with Gasteiger partial charge in [-0.15, -0.1) is 0 Å². The van der Waals surface area contributed by atoms with Gasteiger partial charge in [-0.25, -0.2) is 0 Å². The molecule has 1 N–H and O–H groups in total. The highest BCUT2D eigenvalue weighted by molar-refractivity contribution is 9.10. The summed E-state index contributed by atoms with van der Waals surface area (Å²) in [4.78, 5) is 0. The van der Waals surface area contributed by atoms with Crippen LogP contribution in [0, 0.1) is 5.92 Å². The zero-order chi connectivity index (χ0) is 14.5. The van der Waals surface area contributed by atoms with E-state index in [1.807, 2.05) is 6.07 Å². The van der Waals surface area contributed by atoms with E-state index in [4.69, 9.17) is 9.47 Å². The lowest BCUT2D eigenvalue weighted by Gasteiger charge is -2.29. The van der Waals surface area contributed by atoms with Gasteiger partial charge in [-0.1, -0.05) is 49.5 Å². The zero-order valence-electron chi connectivity index (χ0n) is 12.5. The molecule has 1 atom stereocenters. The van der Waals surface area contributed by atoms with Crippen LogP contribution in [-0.4, -0.2) is 19.8 Å². The molecule has 1 heterocycles. The second kappa shape index (κ2) is 7.32. The van der Waals surface area contributed by atoms with Crippen molar-refractivity contribution in [3.63, 3.8) is 0 Å². The topological polar surface area (TPSA) is 30.5 Å².